The maximum Gasteiger partial charge on any atom is 0.272 e. The van der Waals surface area contributed by atoms with E-state index in [4.69, 9.17) is 14.2 Å². The average Bonchev–Trinajstić information content (AvgIpc) is 3.55. The van der Waals surface area contributed by atoms with E-state index in [1.54, 1.807) is 23.1 Å². The Morgan fingerprint density at radius 2 is 2.00 bits per heavy atom. The summed E-state index contributed by atoms with van der Waals surface area (Å²) in [4.78, 5) is 46.6. The summed E-state index contributed by atoms with van der Waals surface area (Å²) < 4.78 is 19.3. The molecule has 4 aromatic rings. The van der Waals surface area contributed by atoms with Crippen molar-refractivity contribution < 1.29 is 28.6 Å². The van der Waals surface area contributed by atoms with E-state index in [1.165, 1.54) is 18.4 Å². The lowest BCUT2D eigenvalue weighted by molar-refractivity contribution is -0.123. The SMILES string of the molecule is COc1ccc2cc1OCC(=O)NCc1ccc(cc1)O[C@@H]1CCN(C(=O)c3c(C)nc4sccn34)C[C@@H]1NC2=O. The van der Waals surface area contributed by atoms with Gasteiger partial charge in [0.1, 0.15) is 17.5 Å². The summed E-state index contributed by atoms with van der Waals surface area (Å²) in [6.45, 7) is 2.62. The average molecular weight is 576 g/mol. The van der Waals surface area contributed by atoms with E-state index in [2.05, 4.69) is 15.6 Å². The minimum Gasteiger partial charge on any atom is -0.493 e. The van der Waals surface area contributed by atoms with Crippen LogP contribution in [0.4, 0.5) is 0 Å². The molecule has 41 heavy (non-hydrogen) atoms. The van der Waals surface area contributed by atoms with Crippen LogP contribution in [-0.2, 0) is 11.3 Å². The van der Waals surface area contributed by atoms with Crippen LogP contribution in [0.25, 0.3) is 4.96 Å². The fraction of sp³-hybridized carbons (Fsp3) is 0.310. The standard InChI is InChI=1S/C29H29N5O6S/c1-17-26(34-11-12-41-29(34)31-17)28(37)33-10-9-22-21(15-33)32-27(36)19-5-8-23(38-2)24(13-19)39-16-25(35)30-14-18-3-6-20(40-22)7-4-18/h3-8,11-13,21-22H,9-10,14-16H2,1-2H3,(H,30,35)(H,32,36)/t21-,22+/m0/s1. The molecule has 3 aliphatic rings. The van der Waals surface area contributed by atoms with Gasteiger partial charge >= 0.3 is 0 Å². The van der Waals surface area contributed by atoms with Crippen molar-refractivity contribution in [1.82, 2.24) is 24.9 Å². The summed E-state index contributed by atoms with van der Waals surface area (Å²) in [5.41, 5.74) is 2.41. The van der Waals surface area contributed by atoms with Crippen molar-refractivity contribution in [3.8, 4) is 17.2 Å². The highest BCUT2D eigenvalue weighted by atomic mass is 32.1. The van der Waals surface area contributed by atoms with Crippen LogP contribution in [0.15, 0.2) is 54.0 Å². The fourth-order valence-corrected chi connectivity index (χ4v) is 5.89. The molecule has 11 nitrogen and oxygen atoms in total. The first-order chi connectivity index (χ1) is 19.9. The Balaban J connectivity index is 1.31. The molecule has 2 N–H and O–H groups in total. The molecule has 2 aromatic heterocycles. The summed E-state index contributed by atoms with van der Waals surface area (Å²) >= 11 is 1.47. The molecule has 3 amide bonds. The van der Waals surface area contributed by atoms with Crippen LogP contribution < -0.4 is 24.8 Å². The van der Waals surface area contributed by atoms with Gasteiger partial charge in [0.05, 0.1) is 18.8 Å². The van der Waals surface area contributed by atoms with Crippen LogP contribution in [0, 0.1) is 6.92 Å². The molecular formula is C29H29N5O6S. The molecule has 212 valence electrons. The van der Waals surface area contributed by atoms with Gasteiger partial charge in [-0.1, -0.05) is 12.1 Å². The fourth-order valence-electron chi connectivity index (χ4n) is 5.13. The van der Waals surface area contributed by atoms with Crippen molar-refractivity contribution >= 4 is 34.0 Å². The number of likely N-dealkylation sites (tertiary alicyclic amines) is 1. The highest BCUT2D eigenvalue weighted by Crippen LogP contribution is 2.29. The number of benzene rings is 2. The molecule has 0 saturated carbocycles. The number of hydrogen-bond acceptors (Lipinski definition) is 8. The summed E-state index contributed by atoms with van der Waals surface area (Å²) in [6, 6.07) is 11.7. The summed E-state index contributed by atoms with van der Waals surface area (Å²) in [5, 5.41) is 7.80. The number of hydrogen-bond donors (Lipinski definition) is 2. The van der Waals surface area contributed by atoms with E-state index in [0.717, 1.165) is 10.5 Å². The lowest BCUT2D eigenvalue weighted by Crippen LogP contribution is -2.58. The number of rotatable bonds is 2. The minimum absolute atomic E-state index is 0.147. The van der Waals surface area contributed by atoms with Gasteiger partial charge in [0.25, 0.3) is 17.7 Å². The van der Waals surface area contributed by atoms with E-state index >= 15 is 0 Å². The topological polar surface area (TPSA) is 124 Å². The Labute approximate surface area is 240 Å². The number of piperidine rings is 1. The first kappa shape index (κ1) is 26.6. The lowest BCUT2D eigenvalue weighted by atomic mass is 10.00. The number of methoxy groups -OCH3 is 1. The number of aryl methyl sites for hydroxylation is 1. The van der Waals surface area contributed by atoms with Gasteiger partial charge in [-0.2, -0.15) is 0 Å². The number of aromatic nitrogens is 2. The number of nitrogens with one attached hydrogen (secondary N) is 2. The Bertz CT molecular complexity index is 1610. The second kappa shape index (κ2) is 11.1. The largest absolute Gasteiger partial charge is 0.493 e. The van der Waals surface area contributed by atoms with Crippen molar-refractivity contribution in [3.63, 3.8) is 0 Å². The van der Waals surface area contributed by atoms with Crippen molar-refractivity contribution in [3.05, 3.63) is 76.6 Å². The van der Waals surface area contributed by atoms with Gasteiger partial charge < -0.3 is 29.7 Å². The Kier molecular flexibility index (Phi) is 7.23. The van der Waals surface area contributed by atoms with Gasteiger partial charge in [-0.3, -0.25) is 18.8 Å². The zero-order chi connectivity index (χ0) is 28.5. The maximum absolute atomic E-state index is 13.7. The molecule has 2 aromatic carbocycles. The predicted octanol–water partition coefficient (Wildman–Crippen LogP) is 2.81. The van der Waals surface area contributed by atoms with Crippen LogP contribution in [0.3, 0.4) is 0 Å². The van der Waals surface area contributed by atoms with Crippen LogP contribution in [-0.4, -0.2) is 71.0 Å². The van der Waals surface area contributed by atoms with Crippen molar-refractivity contribution in [2.24, 2.45) is 0 Å². The van der Waals surface area contributed by atoms with E-state index in [0.29, 0.717) is 48.0 Å². The normalized spacial score (nSPS) is 19.4. The van der Waals surface area contributed by atoms with E-state index in [1.807, 2.05) is 47.2 Å². The van der Waals surface area contributed by atoms with E-state index in [-0.39, 0.29) is 42.7 Å². The summed E-state index contributed by atoms with van der Waals surface area (Å²) in [7, 11) is 1.49. The van der Waals surface area contributed by atoms with Crippen molar-refractivity contribution in [1.29, 1.82) is 0 Å². The Morgan fingerprint density at radius 3 is 2.80 bits per heavy atom. The number of nitrogens with zero attached hydrogens (tertiary/aromatic N) is 3. The number of thiazole rings is 1. The number of amides is 3. The molecule has 0 unspecified atom stereocenters. The zero-order valence-electron chi connectivity index (χ0n) is 22.6. The first-order valence-electron chi connectivity index (χ1n) is 13.2. The molecule has 0 spiro atoms. The Hall–Kier alpha value is -4.58. The molecule has 12 heteroatoms. The molecule has 7 rings (SSSR count). The molecule has 1 fully saturated rings. The second-order valence-electron chi connectivity index (χ2n) is 9.95. The van der Waals surface area contributed by atoms with Gasteiger partial charge in [-0.25, -0.2) is 4.98 Å². The Morgan fingerprint density at radius 1 is 1.17 bits per heavy atom. The number of fused-ring (bicyclic) bond motifs is 8. The maximum atomic E-state index is 13.7. The van der Waals surface area contributed by atoms with Crippen LogP contribution in [0.2, 0.25) is 0 Å². The minimum atomic E-state index is -0.503. The van der Waals surface area contributed by atoms with Crippen LogP contribution in [0.5, 0.6) is 17.2 Å². The number of carbonyl (C=O) groups excluding carboxylic acids is 3. The number of imidazole rings is 1. The lowest BCUT2D eigenvalue weighted by Gasteiger charge is -2.38. The number of ether oxygens (including phenoxy) is 3. The summed E-state index contributed by atoms with van der Waals surface area (Å²) in [6.07, 6.45) is 1.97. The van der Waals surface area contributed by atoms with Gasteiger partial charge in [-0.05, 0) is 42.8 Å². The molecule has 3 aliphatic heterocycles. The van der Waals surface area contributed by atoms with E-state index in [9.17, 15) is 14.4 Å². The second-order valence-corrected chi connectivity index (χ2v) is 10.8. The smallest absolute Gasteiger partial charge is 0.272 e. The predicted molar refractivity (Wildman–Crippen MR) is 151 cm³/mol. The quantitative estimate of drug-likeness (QED) is 0.377. The number of carbonyl (C=O) groups is 3. The third-order valence-electron chi connectivity index (χ3n) is 7.28. The van der Waals surface area contributed by atoms with Gasteiger partial charge in [-0.15, -0.1) is 11.3 Å². The monoisotopic (exact) mass is 575 g/mol. The van der Waals surface area contributed by atoms with Gasteiger partial charge in [0.2, 0.25) is 0 Å². The van der Waals surface area contributed by atoms with Crippen LogP contribution >= 0.6 is 11.3 Å². The first-order valence-corrected chi connectivity index (χ1v) is 14.1. The zero-order valence-corrected chi connectivity index (χ0v) is 23.4. The summed E-state index contributed by atoms with van der Waals surface area (Å²) in [5.74, 6) is 0.480. The highest BCUT2D eigenvalue weighted by molar-refractivity contribution is 7.15. The van der Waals surface area contributed by atoms with Crippen molar-refractivity contribution in [2.45, 2.75) is 32.0 Å². The molecule has 5 heterocycles. The third kappa shape index (κ3) is 5.42. The molecular weight excluding hydrogens is 546 g/mol. The van der Waals surface area contributed by atoms with Crippen LogP contribution in [0.1, 0.15) is 38.5 Å². The van der Waals surface area contributed by atoms with Gasteiger partial charge in [0.15, 0.2) is 23.1 Å². The molecule has 1 saturated heterocycles. The van der Waals surface area contributed by atoms with Crippen molar-refractivity contribution in [2.75, 3.05) is 26.8 Å². The van der Waals surface area contributed by atoms with E-state index < -0.39 is 6.04 Å². The van der Waals surface area contributed by atoms with Gasteiger partial charge in [0, 0.05) is 43.2 Å². The molecule has 4 bridgehead atoms. The molecule has 0 aliphatic carbocycles. The molecule has 2 atom stereocenters. The highest BCUT2D eigenvalue weighted by Gasteiger charge is 2.36. The molecule has 0 radical (unpaired) electrons. The third-order valence-corrected chi connectivity index (χ3v) is 8.03.